The number of aromatic nitrogens is 2. The number of carbonyl (C=O) groups is 1. The standard InChI is InChI=1S/C13H20N2O4/c1-4-13(5-2,18-6-3)12-14-10(19-15-12)8-7-9(8)11(16)17/h8-9H,4-7H2,1-3H3,(H,16,17). The molecule has 1 saturated carbocycles. The van der Waals surface area contributed by atoms with Crippen LogP contribution in [0.25, 0.3) is 0 Å². The van der Waals surface area contributed by atoms with E-state index in [4.69, 9.17) is 14.4 Å². The van der Waals surface area contributed by atoms with E-state index in [1.165, 1.54) is 0 Å². The Hall–Kier alpha value is -1.43. The summed E-state index contributed by atoms with van der Waals surface area (Å²) in [6, 6.07) is 0. The molecule has 0 saturated heterocycles. The van der Waals surface area contributed by atoms with Crippen molar-refractivity contribution in [2.75, 3.05) is 6.61 Å². The normalized spacial score (nSPS) is 22.5. The molecule has 1 aliphatic rings. The van der Waals surface area contributed by atoms with E-state index in [0.29, 0.717) is 24.7 Å². The maximum Gasteiger partial charge on any atom is 0.307 e. The van der Waals surface area contributed by atoms with Gasteiger partial charge in [0, 0.05) is 6.61 Å². The first-order valence-corrected chi connectivity index (χ1v) is 6.78. The molecule has 106 valence electrons. The predicted molar refractivity (Wildman–Crippen MR) is 66.7 cm³/mol. The molecule has 0 amide bonds. The number of carboxylic acids is 1. The lowest BCUT2D eigenvalue weighted by Gasteiger charge is -2.27. The lowest BCUT2D eigenvalue weighted by Crippen LogP contribution is -2.29. The van der Waals surface area contributed by atoms with Crippen LogP contribution < -0.4 is 0 Å². The van der Waals surface area contributed by atoms with E-state index in [9.17, 15) is 4.79 Å². The van der Waals surface area contributed by atoms with Gasteiger partial charge < -0.3 is 14.4 Å². The van der Waals surface area contributed by atoms with Gasteiger partial charge in [-0.3, -0.25) is 4.79 Å². The summed E-state index contributed by atoms with van der Waals surface area (Å²) in [5.74, 6) is -0.351. The molecule has 6 heteroatoms. The Morgan fingerprint density at radius 3 is 2.63 bits per heavy atom. The van der Waals surface area contributed by atoms with Crippen LogP contribution in [0.4, 0.5) is 0 Å². The molecule has 2 rings (SSSR count). The summed E-state index contributed by atoms with van der Waals surface area (Å²) in [5, 5.41) is 12.9. The molecule has 0 aliphatic heterocycles. The first kappa shape index (κ1) is 14.0. The molecule has 1 N–H and O–H groups in total. The highest BCUT2D eigenvalue weighted by Crippen LogP contribution is 2.47. The maximum atomic E-state index is 10.8. The predicted octanol–water partition coefficient (Wildman–Crippen LogP) is 2.31. The van der Waals surface area contributed by atoms with Gasteiger partial charge in [0.25, 0.3) is 0 Å². The minimum Gasteiger partial charge on any atom is -0.481 e. The van der Waals surface area contributed by atoms with Crippen LogP contribution in [0.1, 0.15) is 57.7 Å². The van der Waals surface area contributed by atoms with Crippen molar-refractivity contribution in [1.29, 1.82) is 0 Å². The second-order valence-corrected chi connectivity index (χ2v) is 4.88. The van der Waals surface area contributed by atoms with Gasteiger partial charge in [0.05, 0.1) is 11.8 Å². The van der Waals surface area contributed by atoms with E-state index in [-0.39, 0.29) is 11.8 Å². The van der Waals surface area contributed by atoms with Crippen LogP contribution in [-0.4, -0.2) is 27.8 Å². The fraction of sp³-hybridized carbons (Fsp3) is 0.769. The highest BCUT2D eigenvalue weighted by Gasteiger charge is 2.49. The van der Waals surface area contributed by atoms with E-state index < -0.39 is 11.6 Å². The number of carboxylic acid groups (broad SMARTS) is 1. The number of hydrogen-bond donors (Lipinski definition) is 1. The van der Waals surface area contributed by atoms with E-state index in [1.54, 1.807) is 0 Å². The average molecular weight is 268 g/mol. The van der Waals surface area contributed by atoms with Crippen LogP contribution in [0.15, 0.2) is 4.52 Å². The van der Waals surface area contributed by atoms with Crippen molar-refractivity contribution in [3.63, 3.8) is 0 Å². The molecule has 0 aromatic carbocycles. The SMILES string of the molecule is CCOC(CC)(CC)c1noc(C2CC2C(=O)O)n1. The van der Waals surface area contributed by atoms with Crippen LogP contribution in [0.2, 0.25) is 0 Å². The Labute approximate surface area is 112 Å². The van der Waals surface area contributed by atoms with Gasteiger partial charge in [0.1, 0.15) is 5.60 Å². The monoisotopic (exact) mass is 268 g/mol. The van der Waals surface area contributed by atoms with Crippen molar-refractivity contribution < 1.29 is 19.2 Å². The molecule has 1 fully saturated rings. The van der Waals surface area contributed by atoms with Crippen LogP contribution >= 0.6 is 0 Å². The molecule has 1 heterocycles. The first-order chi connectivity index (χ1) is 9.07. The third-order valence-corrected chi connectivity index (χ3v) is 3.84. The number of nitrogens with zero attached hydrogens (tertiary/aromatic N) is 2. The number of aliphatic carboxylic acids is 1. The topological polar surface area (TPSA) is 85.5 Å². The minimum absolute atomic E-state index is 0.133. The van der Waals surface area contributed by atoms with Crippen LogP contribution in [0.5, 0.6) is 0 Å². The lowest BCUT2D eigenvalue weighted by molar-refractivity contribution is -0.138. The Morgan fingerprint density at radius 1 is 1.47 bits per heavy atom. The van der Waals surface area contributed by atoms with Crippen LogP contribution in [0.3, 0.4) is 0 Å². The second kappa shape index (κ2) is 5.28. The summed E-state index contributed by atoms with van der Waals surface area (Å²) in [6.45, 7) is 6.55. The maximum absolute atomic E-state index is 10.8. The van der Waals surface area contributed by atoms with Crippen LogP contribution in [-0.2, 0) is 15.1 Å². The third kappa shape index (κ3) is 2.49. The van der Waals surface area contributed by atoms with Gasteiger partial charge >= 0.3 is 5.97 Å². The quantitative estimate of drug-likeness (QED) is 0.816. The molecule has 2 unspecified atom stereocenters. The third-order valence-electron chi connectivity index (χ3n) is 3.84. The van der Waals surface area contributed by atoms with Gasteiger partial charge in [-0.15, -0.1) is 0 Å². The minimum atomic E-state index is -0.799. The van der Waals surface area contributed by atoms with Gasteiger partial charge in [0.2, 0.25) is 11.7 Å². The van der Waals surface area contributed by atoms with Gasteiger partial charge in [-0.1, -0.05) is 19.0 Å². The smallest absolute Gasteiger partial charge is 0.307 e. The van der Waals surface area contributed by atoms with Gasteiger partial charge in [-0.05, 0) is 26.2 Å². The summed E-state index contributed by atoms with van der Waals surface area (Å²) in [4.78, 5) is 15.2. The summed E-state index contributed by atoms with van der Waals surface area (Å²) >= 11 is 0. The molecule has 0 spiro atoms. The molecular weight excluding hydrogens is 248 g/mol. The average Bonchev–Trinajstić information content (AvgIpc) is 3.07. The van der Waals surface area contributed by atoms with Crippen molar-refractivity contribution in [3.8, 4) is 0 Å². The second-order valence-electron chi connectivity index (χ2n) is 4.88. The van der Waals surface area contributed by atoms with E-state index in [0.717, 1.165) is 12.8 Å². The summed E-state index contributed by atoms with van der Waals surface area (Å²) in [6.07, 6.45) is 2.09. The summed E-state index contributed by atoms with van der Waals surface area (Å²) in [5.41, 5.74) is -0.524. The number of ether oxygens (including phenoxy) is 1. The van der Waals surface area contributed by atoms with E-state index >= 15 is 0 Å². The zero-order valence-electron chi connectivity index (χ0n) is 11.5. The molecule has 0 bridgehead atoms. The van der Waals surface area contributed by atoms with Crippen molar-refractivity contribution in [3.05, 3.63) is 11.7 Å². The van der Waals surface area contributed by atoms with Crippen LogP contribution in [0, 0.1) is 5.92 Å². The fourth-order valence-corrected chi connectivity index (χ4v) is 2.42. The molecule has 1 aromatic rings. The highest BCUT2D eigenvalue weighted by molar-refractivity contribution is 5.74. The molecular formula is C13H20N2O4. The van der Waals surface area contributed by atoms with Gasteiger partial charge in [0.15, 0.2) is 0 Å². The van der Waals surface area contributed by atoms with E-state index in [2.05, 4.69) is 10.1 Å². The Morgan fingerprint density at radius 2 is 2.16 bits per heavy atom. The Balaban J connectivity index is 2.18. The molecule has 6 nitrogen and oxygen atoms in total. The summed E-state index contributed by atoms with van der Waals surface area (Å²) < 4.78 is 11.0. The number of hydrogen-bond acceptors (Lipinski definition) is 5. The molecule has 19 heavy (non-hydrogen) atoms. The summed E-state index contributed by atoms with van der Waals surface area (Å²) in [7, 11) is 0. The largest absolute Gasteiger partial charge is 0.481 e. The van der Waals surface area contributed by atoms with Crippen molar-refractivity contribution in [2.45, 2.75) is 51.6 Å². The first-order valence-electron chi connectivity index (χ1n) is 6.78. The molecule has 0 radical (unpaired) electrons. The Bertz CT molecular complexity index is 453. The lowest BCUT2D eigenvalue weighted by atomic mass is 9.96. The Kier molecular flexibility index (Phi) is 3.89. The fourth-order valence-electron chi connectivity index (χ4n) is 2.42. The molecule has 2 atom stereocenters. The number of rotatable bonds is 7. The zero-order valence-corrected chi connectivity index (χ0v) is 11.5. The highest BCUT2D eigenvalue weighted by atomic mass is 16.5. The van der Waals surface area contributed by atoms with E-state index in [1.807, 2.05) is 20.8 Å². The molecule has 1 aliphatic carbocycles. The zero-order chi connectivity index (χ0) is 14.0. The molecule has 1 aromatic heterocycles. The van der Waals surface area contributed by atoms with Gasteiger partial charge in [-0.25, -0.2) is 0 Å². The van der Waals surface area contributed by atoms with Crippen molar-refractivity contribution in [2.24, 2.45) is 5.92 Å². The van der Waals surface area contributed by atoms with Gasteiger partial charge in [-0.2, -0.15) is 4.98 Å². The van der Waals surface area contributed by atoms with Crippen molar-refractivity contribution in [1.82, 2.24) is 10.1 Å². The van der Waals surface area contributed by atoms with Crippen molar-refractivity contribution >= 4 is 5.97 Å².